The molecule has 19 aliphatic carbocycles. The number of hydrogen-bond donors (Lipinski definition) is 1. The molecule has 0 aromatic carbocycles. The predicted octanol–water partition coefficient (Wildman–Crippen LogP) is 25.3. The Labute approximate surface area is 740 Å². The Bertz CT molecular complexity index is 3250. The Balaban J connectivity index is 0.000000515. The lowest BCUT2D eigenvalue weighted by atomic mass is 9.48. The molecule has 20 fully saturated rings. The molecule has 1 aliphatic heterocycles. The van der Waals surface area contributed by atoms with Gasteiger partial charge in [-0.1, -0.05) is 129 Å². The molecule has 20 rings (SSSR count). The Hall–Kier alpha value is -4.32. The van der Waals surface area contributed by atoms with Crippen LogP contribution in [0.2, 0.25) is 0 Å². The SMILES string of the molecule is C.C.C.C.C.C.C.C.C.C.CCC(C)(C)C(=O)OC1(CC)C2CC3CC(C2)CC1C3.CCC(C)(C)C(=O)OC12CC3CC(CC(O)(C3)C1)C2.CCC(C)(C)C(=O)OC1C2CC3CC1CC(C(=O)OCOCC1C4CC5CC(C4)CC1C5)(C3)C2.CCC(C)(C)C(=O)OCC(=O)OC1C2CC3C(=O)OC1C3C2.CCC1(OC(=O)C(C)(C)CC)CCCCC1. The number of rotatable bonds is 24. The van der Waals surface area contributed by atoms with Gasteiger partial charge >= 0.3 is 47.8 Å². The smallest absolute Gasteiger partial charge is 0.344 e. The zero-order valence-electron chi connectivity index (χ0n) is 71.8. The van der Waals surface area contributed by atoms with E-state index in [2.05, 4.69) is 20.8 Å². The maximum absolute atomic E-state index is 13.3. The van der Waals surface area contributed by atoms with E-state index in [4.69, 9.17) is 42.6 Å². The van der Waals surface area contributed by atoms with Crippen LogP contribution in [0.1, 0.15) is 417 Å². The van der Waals surface area contributed by atoms with E-state index in [0.29, 0.717) is 60.2 Å². The molecular formula is C103H188O18. The molecule has 0 amide bonds. The van der Waals surface area contributed by atoms with E-state index in [1.807, 2.05) is 83.1 Å². The topological polar surface area (TPSA) is 240 Å². The van der Waals surface area contributed by atoms with Gasteiger partial charge in [-0.2, -0.15) is 0 Å². The van der Waals surface area contributed by atoms with Gasteiger partial charge in [-0.15, -0.1) is 0 Å². The predicted molar refractivity (Wildman–Crippen MR) is 488 cm³/mol. The third-order valence-electron chi connectivity index (χ3n) is 33.4. The lowest BCUT2D eigenvalue weighted by Crippen LogP contribution is -2.61. The van der Waals surface area contributed by atoms with Gasteiger partial charge in [-0.05, 0) is 364 Å². The number of carbonyl (C=O) groups excluding carboxylic acids is 8. The lowest BCUT2D eigenvalue weighted by molar-refractivity contribution is -0.225. The average Bonchev–Trinajstić information content (AvgIpc) is 1.56. The molecule has 18 bridgehead atoms. The molecule has 9 unspecified atom stereocenters. The Morgan fingerprint density at radius 1 is 0.421 bits per heavy atom. The molecule has 18 heteroatoms. The molecule has 0 aromatic heterocycles. The largest absolute Gasteiger partial charge is 0.461 e. The number of hydrogen-bond acceptors (Lipinski definition) is 18. The van der Waals surface area contributed by atoms with Crippen molar-refractivity contribution in [2.75, 3.05) is 20.0 Å². The normalized spacial score (nSPS) is 36.1. The summed E-state index contributed by atoms with van der Waals surface area (Å²) < 4.78 is 51.8. The van der Waals surface area contributed by atoms with Crippen LogP contribution in [0.15, 0.2) is 0 Å². The van der Waals surface area contributed by atoms with E-state index in [0.717, 1.165) is 164 Å². The van der Waals surface area contributed by atoms with Crippen molar-refractivity contribution in [1.82, 2.24) is 0 Å². The number of aliphatic hydroxyl groups is 1. The van der Waals surface area contributed by atoms with Crippen LogP contribution in [-0.4, -0.2) is 114 Å². The van der Waals surface area contributed by atoms with Crippen molar-refractivity contribution < 1.29 is 86.1 Å². The zero-order chi connectivity index (χ0) is 80.4. The highest BCUT2D eigenvalue weighted by atomic mass is 16.7. The van der Waals surface area contributed by atoms with Crippen molar-refractivity contribution in [2.45, 2.75) is 457 Å². The van der Waals surface area contributed by atoms with Crippen LogP contribution < -0.4 is 0 Å². The third-order valence-corrected chi connectivity index (χ3v) is 33.4. The van der Waals surface area contributed by atoms with E-state index in [9.17, 15) is 43.5 Å². The summed E-state index contributed by atoms with van der Waals surface area (Å²) in [6.07, 6.45) is 36.7. The van der Waals surface area contributed by atoms with Crippen molar-refractivity contribution >= 4 is 47.8 Å². The van der Waals surface area contributed by atoms with Gasteiger partial charge in [0.1, 0.15) is 35.1 Å². The maximum atomic E-state index is 13.3. The third kappa shape index (κ3) is 23.8. The first-order chi connectivity index (χ1) is 52.2. The molecule has 18 nitrogen and oxygen atoms in total. The summed E-state index contributed by atoms with van der Waals surface area (Å²) in [5.41, 5.74) is -3.71. The zero-order valence-corrected chi connectivity index (χ0v) is 71.8. The summed E-state index contributed by atoms with van der Waals surface area (Å²) in [4.78, 5) is 98.6. The quantitative estimate of drug-likeness (QED) is 0.0409. The van der Waals surface area contributed by atoms with Crippen molar-refractivity contribution in [3.63, 3.8) is 0 Å². The van der Waals surface area contributed by atoms with E-state index in [1.165, 1.54) is 89.9 Å². The van der Waals surface area contributed by atoms with Gasteiger partial charge in [0.2, 0.25) is 0 Å². The summed E-state index contributed by atoms with van der Waals surface area (Å²) in [6, 6.07) is 0. The van der Waals surface area contributed by atoms with Gasteiger partial charge in [0.15, 0.2) is 13.4 Å². The second kappa shape index (κ2) is 43.7. The van der Waals surface area contributed by atoms with E-state index >= 15 is 0 Å². The highest BCUT2D eigenvalue weighted by Crippen LogP contribution is 2.65. The molecule has 121 heavy (non-hydrogen) atoms. The fourth-order valence-corrected chi connectivity index (χ4v) is 25.5. The van der Waals surface area contributed by atoms with E-state index < -0.39 is 33.8 Å². The van der Waals surface area contributed by atoms with Gasteiger partial charge < -0.3 is 47.7 Å². The fourth-order valence-electron chi connectivity index (χ4n) is 25.5. The molecule has 1 N–H and O–H groups in total. The van der Waals surface area contributed by atoms with Crippen molar-refractivity contribution in [3.05, 3.63) is 0 Å². The van der Waals surface area contributed by atoms with Crippen LogP contribution in [0.3, 0.4) is 0 Å². The second-order valence-electron chi connectivity index (χ2n) is 43.0. The molecule has 9 atom stereocenters. The van der Waals surface area contributed by atoms with Crippen molar-refractivity contribution in [1.29, 1.82) is 0 Å². The highest BCUT2D eigenvalue weighted by Gasteiger charge is 2.66. The van der Waals surface area contributed by atoms with Crippen molar-refractivity contribution in [3.8, 4) is 0 Å². The first-order valence-electron chi connectivity index (χ1n) is 45.2. The maximum Gasteiger partial charge on any atom is 0.344 e. The monoisotopic (exact) mass is 1710 g/mol. The second-order valence-corrected chi connectivity index (χ2v) is 43.0. The Kier molecular flexibility index (Phi) is 40.7. The minimum Gasteiger partial charge on any atom is -0.461 e. The molecule has 0 radical (unpaired) electrons. The van der Waals surface area contributed by atoms with Crippen LogP contribution in [0.25, 0.3) is 0 Å². The van der Waals surface area contributed by atoms with Crippen LogP contribution in [0, 0.1) is 133 Å². The van der Waals surface area contributed by atoms with E-state index in [1.54, 1.807) is 13.8 Å². The Morgan fingerprint density at radius 2 is 0.860 bits per heavy atom. The summed E-state index contributed by atoms with van der Waals surface area (Å²) in [6.45, 7) is 34.3. The van der Waals surface area contributed by atoms with Crippen LogP contribution in [-0.2, 0) is 81.0 Å². The first-order valence-corrected chi connectivity index (χ1v) is 45.2. The molecule has 19 saturated carbocycles. The van der Waals surface area contributed by atoms with Gasteiger partial charge in [0.05, 0.1) is 50.6 Å². The number of ether oxygens (including phenoxy) is 9. The standard InChI is InChI=1S/C29H44O5.C18H30O2.C16H22O6.C16H26O3.C14H26O2.10CH4/c1-4-28(2,3)26(30)34-25-22-10-19-11-23(25)14-29(12-19,13-22)27(31)33-16-32-15-24-20-6-17-5-18(8-20)9-21(24)7-17;1-5-17(3,4)16(19)20-18(6-2)14-8-12-7-13(10-14)11-15(18)9-12;1-4-16(2,3)15(19)20-7-11(17)21-12-8-5-9-10(6-8)14(18)22-13(9)12;1-4-14(2,3)13(17)19-16-8-11-5-12(9-16)7-15(18,6-11)10-16;1-5-13(3,4)12(15)16-14(6-2)10-8-7-9-11-14;;;;;;;;;;/h17-25H,4-16H2,1-3H3;12-15H,5-11H2,1-4H3;8-10,12-13H,4-7H2,1-3H3;11-12,18H,4-10H2,1-3H3;5-11H2,1-4H3;10*1H4. The van der Waals surface area contributed by atoms with Gasteiger partial charge in [0, 0.05) is 18.3 Å². The minimum absolute atomic E-state index is 0. The van der Waals surface area contributed by atoms with Gasteiger partial charge in [-0.25, -0.2) is 4.79 Å². The molecule has 0 spiro atoms. The van der Waals surface area contributed by atoms with Gasteiger partial charge in [-0.3, -0.25) is 33.6 Å². The average molecular weight is 1710 g/mol. The summed E-state index contributed by atoms with van der Waals surface area (Å²) in [5.74, 6) is 8.74. The highest BCUT2D eigenvalue weighted by molar-refractivity contribution is 5.81. The van der Waals surface area contributed by atoms with Crippen molar-refractivity contribution in [2.24, 2.45) is 133 Å². The number of carbonyl (C=O) groups is 8. The van der Waals surface area contributed by atoms with Gasteiger partial charge in [0.25, 0.3) is 0 Å². The summed E-state index contributed by atoms with van der Waals surface area (Å²) in [7, 11) is 0. The number of esters is 8. The molecule has 708 valence electrons. The first kappa shape index (κ1) is 113. The molecule has 1 saturated heterocycles. The molecule has 0 aromatic rings. The number of fused-ring (bicyclic) bond motifs is 1. The van der Waals surface area contributed by atoms with Crippen LogP contribution in [0.5, 0.6) is 0 Å². The molecular weight excluding hydrogens is 1530 g/mol. The van der Waals surface area contributed by atoms with Crippen LogP contribution >= 0.6 is 0 Å². The molecule has 20 aliphatic rings. The lowest BCUT2D eigenvalue weighted by Gasteiger charge is -2.60. The minimum atomic E-state index is -0.610. The van der Waals surface area contributed by atoms with E-state index in [-0.39, 0.29) is 193 Å². The fraction of sp³-hybridized carbons (Fsp3) is 0.922. The molecule has 1 heterocycles. The summed E-state index contributed by atoms with van der Waals surface area (Å²) in [5, 5.41) is 10.6. The Morgan fingerprint density at radius 3 is 1.32 bits per heavy atom. The summed E-state index contributed by atoms with van der Waals surface area (Å²) >= 11 is 0. The van der Waals surface area contributed by atoms with Crippen LogP contribution in [0.4, 0.5) is 0 Å².